The zero-order valence-electron chi connectivity index (χ0n) is 15.1. The van der Waals surface area contributed by atoms with Crippen LogP contribution in [0.4, 0.5) is 8.78 Å². The Balaban J connectivity index is 0.00000280. The van der Waals surface area contributed by atoms with Gasteiger partial charge < -0.3 is 10.1 Å². The van der Waals surface area contributed by atoms with E-state index in [4.69, 9.17) is 16.3 Å². The van der Waals surface area contributed by atoms with E-state index in [-0.39, 0.29) is 24.0 Å². The van der Waals surface area contributed by atoms with Gasteiger partial charge in [0.15, 0.2) is 0 Å². The van der Waals surface area contributed by atoms with Gasteiger partial charge in [0.1, 0.15) is 24.0 Å². The van der Waals surface area contributed by atoms with Gasteiger partial charge in [0.2, 0.25) is 0 Å². The van der Waals surface area contributed by atoms with Crippen LogP contribution in [0.25, 0.3) is 0 Å². The fourth-order valence-corrected chi connectivity index (χ4v) is 2.87. The monoisotopic (exact) mass is 423 g/mol. The molecule has 0 unspecified atom stereocenters. The van der Waals surface area contributed by atoms with Crippen molar-refractivity contribution in [3.63, 3.8) is 0 Å². The summed E-state index contributed by atoms with van der Waals surface area (Å²) in [6, 6.07) is 18.2. The lowest BCUT2D eigenvalue weighted by Crippen LogP contribution is -2.17. The number of hydrogen-bond acceptors (Lipinski definition) is 2. The quantitative estimate of drug-likeness (QED) is 0.451. The van der Waals surface area contributed by atoms with Gasteiger partial charge in [0.05, 0.1) is 0 Å². The number of benzene rings is 3. The van der Waals surface area contributed by atoms with Crippen molar-refractivity contribution in [3.8, 4) is 5.75 Å². The molecule has 28 heavy (non-hydrogen) atoms. The smallest absolute Gasteiger partial charge is 0.124 e. The predicted octanol–water partition coefficient (Wildman–Crippen LogP) is 5.95. The number of nitrogens with one attached hydrogen (secondary N) is 1. The van der Waals surface area contributed by atoms with Crippen LogP contribution in [0.3, 0.4) is 0 Å². The molecule has 148 valence electrons. The summed E-state index contributed by atoms with van der Waals surface area (Å²) in [5.41, 5.74) is 2.91. The Labute approximate surface area is 174 Å². The minimum Gasteiger partial charge on any atom is -0.489 e. The fourth-order valence-electron chi connectivity index (χ4n) is 2.68. The summed E-state index contributed by atoms with van der Waals surface area (Å²) in [4.78, 5) is 0. The van der Waals surface area contributed by atoms with Gasteiger partial charge in [-0.05, 0) is 66.6 Å². The van der Waals surface area contributed by atoms with Crippen LogP contribution in [-0.4, -0.2) is 6.54 Å². The molecule has 0 fully saturated rings. The van der Waals surface area contributed by atoms with Gasteiger partial charge in [-0.25, -0.2) is 8.78 Å². The molecule has 3 aromatic carbocycles. The minimum atomic E-state index is -0.267. The molecular weight excluding hydrogens is 403 g/mol. The largest absolute Gasteiger partial charge is 0.489 e. The molecule has 2 nitrogen and oxygen atoms in total. The van der Waals surface area contributed by atoms with Crippen LogP contribution in [0.15, 0.2) is 66.7 Å². The topological polar surface area (TPSA) is 21.3 Å². The molecule has 0 bridgehead atoms. The summed E-state index contributed by atoms with van der Waals surface area (Å²) in [5.74, 6) is 0.239. The van der Waals surface area contributed by atoms with Gasteiger partial charge in [-0.15, -0.1) is 12.4 Å². The van der Waals surface area contributed by atoms with E-state index < -0.39 is 0 Å². The zero-order valence-corrected chi connectivity index (χ0v) is 16.7. The normalized spacial score (nSPS) is 10.4. The Kier molecular flexibility index (Phi) is 8.71. The fraction of sp³-hybridized carbons (Fsp3) is 0.182. The van der Waals surface area contributed by atoms with Gasteiger partial charge in [-0.1, -0.05) is 35.9 Å². The second-order valence-corrected chi connectivity index (χ2v) is 6.66. The van der Waals surface area contributed by atoms with E-state index in [1.54, 1.807) is 30.3 Å². The minimum absolute atomic E-state index is 0. The number of halogens is 4. The Morgan fingerprint density at radius 1 is 0.821 bits per heavy atom. The molecule has 6 heteroatoms. The van der Waals surface area contributed by atoms with Gasteiger partial charge in [0.25, 0.3) is 0 Å². The first-order chi connectivity index (χ1) is 13.1. The Morgan fingerprint density at radius 3 is 2.07 bits per heavy atom. The maximum absolute atomic E-state index is 13.0. The van der Waals surface area contributed by atoms with E-state index in [0.717, 1.165) is 35.4 Å². The molecule has 0 saturated carbocycles. The van der Waals surface area contributed by atoms with Crippen LogP contribution in [0.1, 0.15) is 16.7 Å². The van der Waals surface area contributed by atoms with Crippen molar-refractivity contribution in [2.75, 3.05) is 6.54 Å². The Hall–Kier alpha value is -2.14. The van der Waals surface area contributed by atoms with Gasteiger partial charge in [-0.2, -0.15) is 0 Å². The lowest BCUT2D eigenvalue weighted by Gasteiger charge is -2.13. The molecule has 1 N–H and O–H groups in total. The summed E-state index contributed by atoms with van der Waals surface area (Å²) in [5, 5.41) is 3.99. The van der Waals surface area contributed by atoms with Gasteiger partial charge in [0, 0.05) is 17.1 Å². The zero-order chi connectivity index (χ0) is 19.1. The van der Waals surface area contributed by atoms with Crippen LogP contribution in [0, 0.1) is 11.6 Å². The highest BCUT2D eigenvalue weighted by atomic mass is 35.5. The summed E-state index contributed by atoms with van der Waals surface area (Å²) in [7, 11) is 0. The van der Waals surface area contributed by atoms with Crippen molar-refractivity contribution in [1.29, 1.82) is 0 Å². The third-order valence-corrected chi connectivity index (χ3v) is 4.38. The first-order valence-electron chi connectivity index (χ1n) is 8.71. The summed E-state index contributed by atoms with van der Waals surface area (Å²) >= 11 is 6.11. The standard InChI is InChI=1S/C22H20ClF2NO.ClH/c23-19-5-10-22(27-15-17-3-8-21(25)9-4-17)18(13-19)14-26-12-11-16-1-6-20(24)7-2-16;/h1-10,13,26H,11-12,14-15H2;1H. The molecule has 0 saturated heterocycles. The van der Waals surface area contributed by atoms with Gasteiger partial charge >= 0.3 is 0 Å². The van der Waals surface area contributed by atoms with Crippen molar-refractivity contribution in [2.45, 2.75) is 19.6 Å². The van der Waals surface area contributed by atoms with Crippen LogP contribution in [0.5, 0.6) is 5.75 Å². The maximum Gasteiger partial charge on any atom is 0.124 e. The maximum atomic E-state index is 13.0. The molecule has 0 amide bonds. The molecule has 0 spiro atoms. The summed E-state index contributed by atoms with van der Waals surface area (Å²) in [6.45, 7) is 1.69. The molecule has 0 aliphatic rings. The van der Waals surface area contributed by atoms with E-state index in [9.17, 15) is 8.78 Å². The van der Waals surface area contributed by atoms with Crippen LogP contribution >= 0.6 is 24.0 Å². The van der Waals surface area contributed by atoms with Crippen molar-refractivity contribution in [2.24, 2.45) is 0 Å². The molecule has 0 aromatic heterocycles. The molecule has 0 atom stereocenters. The van der Waals surface area contributed by atoms with E-state index >= 15 is 0 Å². The third kappa shape index (κ3) is 6.79. The molecule has 0 aliphatic heterocycles. The highest BCUT2D eigenvalue weighted by Crippen LogP contribution is 2.24. The van der Waals surface area contributed by atoms with Gasteiger partial charge in [-0.3, -0.25) is 0 Å². The lowest BCUT2D eigenvalue weighted by molar-refractivity contribution is 0.302. The molecule has 0 radical (unpaired) electrons. The molecule has 0 heterocycles. The number of hydrogen-bond donors (Lipinski definition) is 1. The molecule has 3 aromatic rings. The second-order valence-electron chi connectivity index (χ2n) is 6.22. The molecule has 3 rings (SSSR count). The van der Waals surface area contributed by atoms with E-state index in [0.29, 0.717) is 18.2 Å². The first-order valence-corrected chi connectivity index (χ1v) is 9.09. The third-order valence-electron chi connectivity index (χ3n) is 4.15. The summed E-state index contributed by atoms with van der Waals surface area (Å²) < 4.78 is 31.8. The molecular formula is C22H21Cl2F2NO. The van der Waals surface area contributed by atoms with E-state index in [1.807, 2.05) is 12.1 Å². The van der Waals surface area contributed by atoms with Crippen molar-refractivity contribution < 1.29 is 13.5 Å². The highest BCUT2D eigenvalue weighted by molar-refractivity contribution is 6.30. The highest BCUT2D eigenvalue weighted by Gasteiger charge is 2.06. The van der Waals surface area contributed by atoms with Crippen molar-refractivity contribution >= 4 is 24.0 Å². The second kappa shape index (κ2) is 11.0. The van der Waals surface area contributed by atoms with E-state index in [1.165, 1.54) is 24.3 Å². The van der Waals surface area contributed by atoms with Crippen molar-refractivity contribution in [1.82, 2.24) is 5.32 Å². The number of ether oxygens (including phenoxy) is 1. The summed E-state index contributed by atoms with van der Waals surface area (Å²) in [6.07, 6.45) is 0.798. The Morgan fingerprint density at radius 2 is 1.43 bits per heavy atom. The first kappa shape index (κ1) is 22.2. The number of rotatable bonds is 8. The van der Waals surface area contributed by atoms with Crippen LogP contribution < -0.4 is 10.1 Å². The molecule has 0 aliphatic carbocycles. The average molecular weight is 424 g/mol. The van der Waals surface area contributed by atoms with Crippen LogP contribution in [-0.2, 0) is 19.6 Å². The Bertz CT molecular complexity index is 871. The van der Waals surface area contributed by atoms with Crippen molar-refractivity contribution in [3.05, 3.63) is 100 Å². The predicted molar refractivity (Wildman–Crippen MR) is 111 cm³/mol. The van der Waals surface area contributed by atoms with Crippen LogP contribution in [0.2, 0.25) is 5.02 Å². The lowest BCUT2D eigenvalue weighted by atomic mass is 10.1. The SMILES string of the molecule is Cl.Fc1ccc(CCNCc2cc(Cl)ccc2OCc2ccc(F)cc2)cc1. The average Bonchev–Trinajstić information content (AvgIpc) is 2.67. The van der Waals surface area contributed by atoms with E-state index in [2.05, 4.69) is 5.32 Å².